The molecule has 30 heavy (non-hydrogen) atoms. The van der Waals surface area contributed by atoms with Crippen molar-refractivity contribution in [3.8, 4) is 10.7 Å². The number of pyridine rings is 2. The van der Waals surface area contributed by atoms with Crippen molar-refractivity contribution in [3.63, 3.8) is 0 Å². The molecule has 1 N–H and O–H groups in total. The third-order valence-electron chi connectivity index (χ3n) is 5.15. The summed E-state index contributed by atoms with van der Waals surface area (Å²) in [6.45, 7) is 3.11. The van der Waals surface area contributed by atoms with Gasteiger partial charge >= 0.3 is 0 Å². The number of aryl methyl sites for hydroxylation is 1. The van der Waals surface area contributed by atoms with Crippen LogP contribution in [0.15, 0.2) is 48.1 Å². The molecule has 1 aliphatic rings. The van der Waals surface area contributed by atoms with Gasteiger partial charge in [0.1, 0.15) is 10.8 Å². The Morgan fingerprint density at radius 3 is 2.70 bits per heavy atom. The first-order valence-electron chi connectivity index (χ1n) is 9.95. The number of nitrogens with one attached hydrogen (secondary N) is 1. The molecule has 8 heteroatoms. The van der Waals surface area contributed by atoms with E-state index in [9.17, 15) is 9.59 Å². The maximum absolute atomic E-state index is 12.7. The van der Waals surface area contributed by atoms with Crippen LogP contribution in [0.25, 0.3) is 10.7 Å². The van der Waals surface area contributed by atoms with Gasteiger partial charge in [0.15, 0.2) is 0 Å². The second-order valence-corrected chi connectivity index (χ2v) is 8.26. The molecule has 3 aromatic heterocycles. The van der Waals surface area contributed by atoms with Crippen molar-refractivity contribution in [3.05, 3.63) is 59.4 Å². The Hall–Kier alpha value is -3.13. The number of thiazole rings is 1. The van der Waals surface area contributed by atoms with Crippen molar-refractivity contribution in [2.24, 2.45) is 5.92 Å². The molecule has 7 nitrogen and oxygen atoms in total. The Kier molecular flexibility index (Phi) is 6.13. The predicted octanol–water partition coefficient (Wildman–Crippen LogP) is 3.33. The summed E-state index contributed by atoms with van der Waals surface area (Å²) < 4.78 is 0. The Morgan fingerprint density at radius 1 is 1.17 bits per heavy atom. The van der Waals surface area contributed by atoms with Crippen LogP contribution in [0.1, 0.15) is 24.1 Å². The van der Waals surface area contributed by atoms with Crippen LogP contribution in [0.5, 0.6) is 0 Å². The average Bonchev–Trinajstić information content (AvgIpc) is 3.24. The highest BCUT2D eigenvalue weighted by atomic mass is 32.1. The summed E-state index contributed by atoms with van der Waals surface area (Å²) in [5, 5.41) is 5.60. The lowest BCUT2D eigenvalue weighted by Gasteiger charge is -2.31. The number of carbonyl (C=O) groups excluding carboxylic acids is 2. The van der Waals surface area contributed by atoms with Crippen LogP contribution in [0.4, 0.5) is 5.82 Å². The van der Waals surface area contributed by atoms with Crippen molar-refractivity contribution in [2.45, 2.75) is 26.2 Å². The number of piperidine rings is 1. The summed E-state index contributed by atoms with van der Waals surface area (Å²) in [6.07, 6.45) is 5.04. The molecule has 4 heterocycles. The molecule has 3 aromatic rings. The van der Waals surface area contributed by atoms with Gasteiger partial charge in [0.05, 0.1) is 17.8 Å². The number of hydrogen-bond acceptors (Lipinski definition) is 6. The SMILES string of the molecule is Cc1ccc(NC(=O)C2CCN(C(=O)Cc3csc(-c4ccccn4)n3)CC2)nc1. The fourth-order valence-electron chi connectivity index (χ4n) is 3.42. The lowest BCUT2D eigenvalue weighted by molar-refractivity contribution is -0.133. The summed E-state index contributed by atoms with van der Waals surface area (Å²) in [6, 6.07) is 9.42. The molecule has 1 saturated heterocycles. The normalized spacial score (nSPS) is 14.5. The van der Waals surface area contributed by atoms with Gasteiger partial charge in [0.2, 0.25) is 11.8 Å². The van der Waals surface area contributed by atoms with E-state index in [2.05, 4.69) is 20.3 Å². The van der Waals surface area contributed by atoms with Crippen LogP contribution in [-0.4, -0.2) is 44.8 Å². The lowest BCUT2D eigenvalue weighted by atomic mass is 9.95. The van der Waals surface area contributed by atoms with Crippen LogP contribution in [0.2, 0.25) is 0 Å². The molecular weight excluding hydrogens is 398 g/mol. The number of anilines is 1. The number of nitrogens with zero attached hydrogens (tertiary/aromatic N) is 4. The van der Waals surface area contributed by atoms with Crippen LogP contribution in [-0.2, 0) is 16.0 Å². The quantitative estimate of drug-likeness (QED) is 0.683. The number of hydrogen-bond donors (Lipinski definition) is 1. The van der Waals surface area contributed by atoms with Gasteiger partial charge in [-0.25, -0.2) is 9.97 Å². The van der Waals surface area contributed by atoms with Gasteiger partial charge in [0, 0.05) is 36.8 Å². The summed E-state index contributed by atoms with van der Waals surface area (Å²) >= 11 is 1.49. The Morgan fingerprint density at radius 2 is 2.00 bits per heavy atom. The number of amides is 2. The summed E-state index contributed by atoms with van der Waals surface area (Å²) in [5.41, 5.74) is 2.62. The molecule has 154 valence electrons. The highest BCUT2D eigenvalue weighted by Crippen LogP contribution is 2.23. The minimum Gasteiger partial charge on any atom is -0.342 e. The predicted molar refractivity (Wildman–Crippen MR) is 116 cm³/mol. The summed E-state index contributed by atoms with van der Waals surface area (Å²) in [4.78, 5) is 40.1. The summed E-state index contributed by atoms with van der Waals surface area (Å²) in [7, 11) is 0. The van der Waals surface area contributed by atoms with E-state index in [1.54, 1.807) is 18.5 Å². The molecule has 0 bridgehead atoms. The van der Waals surface area contributed by atoms with Crippen molar-refractivity contribution in [1.29, 1.82) is 0 Å². The zero-order valence-electron chi connectivity index (χ0n) is 16.7. The van der Waals surface area contributed by atoms with E-state index in [-0.39, 0.29) is 24.2 Å². The van der Waals surface area contributed by atoms with Crippen molar-refractivity contribution in [2.75, 3.05) is 18.4 Å². The van der Waals surface area contributed by atoms with E-state index in [1.807, 2.05) is 41.5 Å². The monoisotopic (exact) mass is 421 g/mol. The molecule has 0 atom stereocenters. The van der Waals surface area contributed by atoms with Gasteiger partial charge in [-0.2, -0.15) is 0 Å². The second kappa shape index (κ2) is 9.13. The van der Waals surface area contributed by atoms with Crippen molar-refractivity contribution >= 4 is 29.0 Å². The zero-order chi connectivity index (χ0) is 20.9. The minimum absolute atomic E-state index is 0.0297. The topological polar surface area (TPSA) is 88.1 Å². The minimum atomic E-state index is -0.104. The molecule has 0 radical (unpaired) electrons. The van der Waals surface area contributed by atoms with Crippen LogP contribution < -0.4 is 5.32 Å². The Bertz CT molecular complexity index is 1010. The third-order valence-corrected chi connectivity index (χ3v) is 6.06. The fourth-order valence-corrected chi connectivity index (χ4v) is 4.22. The maximum atomic E-state index is 12.7. The van der Waals surface area contributed by atoms with E-state index in [1.165, 1.54) is 11.3 Å². The average molecular weight is 422 g/mol. The molecule has 0 unspecified atom stereocenters. The lowest BCUT2D eigenvalue weighted by Crippen LogP contribution is -2.42. The smallest absolute Gasteiger partial charge is 0.228 e. The zero-order valence-corrected chi connectivity index (χ0v) is 17.6. The first-order chi connectivity index (χ1) is 14.6. The number of likely N-dealkylation sites (tertiary alicyclic amines) is 1. The Labute approximate surface area is 179 Å². The van der Waals surface area contributed by atoms with E-state index >= 15 is 0 Å². The van der Waals surface area contributed by atoms with Gasteiger partial charge in [0.25, 0.3) is 0 Å². The highest BCUT2D eigenvalue weighted by Gasteiger charge is 2.27. The second-order valence-electron chi connectivity index (χ2n) is 7.40. The molecule has 0 aromatic carbocycles. The van der Waals surface area contributed by atoms with Crippen LogP contribution in [0, 0.1) is 12.8 Å². The van der Waals surface area contributed by atoms with E-state index < -0.39 is 0 Å². The van der Waals surface area contributed by atoms with Gasteiger partial charge < -0.3 is 10.2 Å². The van der Waals surface area contributed by atoms with Gasteiger partial charge in [-0.15, -0.1) is 11.3 Å². The van der Waals surface area contributed by atoms with Crippen molar-refractivity contribution in [1.82, 2.24) is 19.9 Å². The molecule has 0 aliphatic carbocycles. The van der Waals surface area contributed by atoms with E-state index in [0.29, 0.717) is 31.7 Å². The largest absolute Gasteiger partial charge is 0.342 e. The maximum Gasteiger partial charge on any atom is 0.228 e. The van der Waals surface area contributed by atoms with Gasteiger partial charge in [-0.1, -0.05) is 12.1 Å². The number of aromatic nitrogens is 3. The summed E-state index contributed by atoms with van der Waals surface area (Å²) in [5.74, 6) is 0.480. The molecule has 4 rings (SSSR count). The van der Waals surface area contributed by atoms with E-state index in [0.717, 1.165) is 22.0 Å². The standard InChI is InChI=1S/C22H23N5O2S/c1-15-5-6-19(24-13-15)26-21(29)16-7-10-27(11-8-16)20(28)12-17-14-30-22(25-17)18-4-2-3-9-23-18/h2-6,9,13-14,16H,7-8,10-12H2,1H3,(H,24,26,29). The van der Waals surface area contributed by atoms with Crippen LogP contribution in [0.3, 0.4) is 0 Å². The molecule has 1 fully saturated rings. The molecule has 0 saturated carbocycles. The Balaban J connectivity index is 1.27. The van der Waals surface area contributed by atoms with E-state index in [4.69, 9.17) is 0 Å². The molecular formula is C22H23N5O2S. The highest BCUT2D eigenvalue weighted by molar-refractivity contribution is 7.13. The fraction of sp³-hybridized carbons (Fsp3) is 0.318. The molecule has 0 spiro atoms. The third kappa shape index (κ3) is 4.88. The first kappa shape index (κ1) is 20.2. The molecule has 2 amide bonds. The number of carbonyl (C=O) groups is 2. The number of rotatable bonds is 5. The van der Waals surface area contributed by atoms with Crippen molar-refractivity contribution < 1.29 is 9.59 Å². The van der Waals surface area contributed by atoms with Gasteiger partial charge in [-0.05, 0) is 43.5 Å². The van der Waals surface area contributed by atoms with Crippen LogP contribution >= 0.6 is 11.3 Å². The van der Waals surface area contributed by atoms with Gasteiger partial charge in [-0.3, -0.25) is 14.6 Å². The first-order valence-corrected chi connectivity index (χ1v) is 10.8. The molecule has 1 aliphatic heterocycles.